The summed E-state index contributed by atoms with van der Waals surface area (Å²) >= 11 is 0. The van der Waals surface area contributed by atoms with E-state index in [9.17, 15) is 0 Å². The minimum absolute atomic E-state index is 0. The van der Waals surface area contributed by atoms with E-state index in [4.69, 9.17) is 19.9 Å². The van der Waals surface area contributed by atoms with Gasteiger partial charge in [-0.2, -0.15) is 0 Å². The van der Waals surface area contributed by atoms with Crippen LogP contribution in [0.2, 0.25) is 0 Å². The number of guanidine groups is 1. The molecular weight excluding hydrogens is 423 g/mol. The molecule has 1 atom stereocenters. The first-order valence-corrected chi connectivity index (χ1v) is 8.09. The second kappa shape index (κ2) is 10.00. The van der Waals surface area contributed by atoms with Crippen molar-refractivity contribution in [2.75, 3.05) is 46.1 Å². The predicted octanol–water partition coefficient (Wildman–Crippen LogP) is 1.26. The van der Waals surface area contributed by atoms with Crippen LogP contribution in [0.1, 0.15) is 12.0 Å². The number of rotatable bonds is 5. The molecule has 24 heavy (non-hydrogen) atoms. The van der Waals surface area contributed by atoms with Gasteiger partial charge in [0.15, 0.2) is 5.96 Å². The van der Waals surface area contributed by atoms with Gasteiger partial charge >= 0.3 is 0 Å². The third-order valence-electron chi connectivity index (χ3n) is 4.12. The fraction of sp³-hybridized carbons (Fsp3) is 0.625. The first kappa shape index (κ1) is 19.2. The molecule has 0 saturated carbocycles. The third kappa shape index (κ3) is 5.45. The Morgan fingerprint density at radius 1 is 1.33 bits per heavy atom. The lowest BCUT2D eigenvalue weighted by Crippen LogP contribution is -2.44. The highest BCUT2D eigenvalue weighted by molar-refractivity contribution is 14.0. The number of ether oxygens (including phenoxy) is 3. The highest BCUT2D eigenvalue weighted by Gasteiger charge is 2.17. The number of nitrogens with zero attached hydrogens (tertiary/aromatic N) is 3. The Labute approximate surface area is 159 Å². The van der Waals surface area contributed by atoms with E-state index in [0.29, 0.717) is 38.2 Å². The van der Waals surface area contributed by atoms with Crippen molar-refractivity contribution in [2.24, 2.45) is 16.6 Å². The maximum Gasteiger partial charge on any atom is 0.191 e. The molecule has 0 aliphatic carbocycles. The Hall–Kier alpha value is -1.13. The van der Waals surface area contributed by atoms with Gasteiger partial charge in [-0.3, -0.25) is 4.98 Å². The zero-order valence-electron chi connectivity index (χ0n) is 13.7. The second-order valence-corrected chi connectivity index (χ2v) is 5.80. The molecule has 2 fully saturated rings. The molecule has 0 aromatic carbocycles. The molecule has 0 spiro atoms. The number of hydrogen-bond donors (Lipinski definition) is 1. The Morgan fingerprint density at radius 2 is 2.17 bits per heavy atom. The summed E-state index contributed by atoms with van der Waals surface area (Å²) in [7, 11) is 0. The van der Waals surface area contributed by atoms with Crippen molar-refractivity contribution in [3.8, 4) is 5.75 Å². The van der Waals surface area contributed by atoms with Gasteiger partial charge in [0.25, 0.3) is 0 Å². The molecule has 1 aromatic heterocycles. The molecule has 1 aromatic rings. The van der Waals surface area contributed by atoms with Gasteiger partial charge in [0, 0.05) is 37.4 Å². The van der Waals surface area contributed by atoms with Gasteiger partial charge in [-0.25, -0.2) is 4.99 Å². The van der Waals surface area contributed by atoms with Crippen LogP contribution in [-0.4, -0.2) is 62.0 Å². The van der Waals surface area contributed by atoms with E-state index in [2.05, 4.69) is 9.98 Å². The molecule has 1 unspecified atom stereocenters. The molecule has 8 heteroatoms. The minimum atomic E-state index is 0. The standard InChI is InChI=1S/C16H24N4O3.HI/c17-16(20-4-7-21-8-5-20)19-9-14-1-3-18-10-15(14)23-12-13-2-6-22-11-13;/h1,3,10,13H,2,4-9,11-12H2,(H2,17,19);1H. The SMILES string of the molecule is I.NC(=NCc1ccncc1OCC1CCOC1)N1CCOCC1. The Morgan fingerprint density at radius 3 is 2.92 bits per heavy atom. The van der Waals surface area contributed by atoms with Crippen molar-refractivity contribution in [2.45, 2.75) is 13.0 Å². The number of hydrogen-bond acceptors (Lipinski definition) is 5. The van der Waals surface area contributed by atoms with Crippen LogP contribution in [0.5, 0.6) is 5.75 Å². The molecule has 134 valence electrons. The molecule has 2 aliphatic heterocycles. The van der Waals surface area contributed by atoms with Gasteiger partial charge in [0.1, 0.15) is 5.75 Å². The summed E-state index contributed by atoms with van der Waals surface area (Å²) in [4.78, 5) is 10.7. The van der Waals surface area contributed by atoms with Gasteiger partial charge < -0.3 is 24.8 Å². The lowest BCUT2D eigenvalue weighted by Gasteiger charge is -2.27. The maximum atomic E-state index is 6.07. The summed E-state index contributed by atoms with van der Waals surface area (Å²) in [5.74, 6) is 1.79. The number of morpholine rings is 1. The van der Waals surface area contributed by atoms with E-state index in [0.717, 1.165) is 44.0 Å². The highest BCUT2D eigenvalue weighted by atomic mass is 127. The fourth-order valence-corrected chi connectivity index (χ4v) is 2.65. The Bertz CT molecular complexity index is 532. The summed E-state index contributed by atoms with van der Waals surface area (Å²) in [5.41, 5.74) is 7.06. The van der Waals surface area contributed by atoms with Crippen molar-refractivity contribution >= 4 is 29.9 Å². The maximum absolute atomic E-state index is 6.07. The summed E-state index contributed by atoms with van der Waals surface area (Å²) in [6.07, 6.45) is 4.55. The molecule has 0 bridgehead atoms. The van der Waals surface area contributed by atoms with E-state index >= 15 is 0 Å². The summed E-state index contributed by atoms with van der Waals surface area (Å²) in [6, 6.07) is 1.93. The van der Waals surface area contributed by atoms with Crippen LogP contribution in [0.25, 0.3) is 0 Å². The molecule has 2 N–H and O–H groups in total. The third-order valence-corrected chi connectivity index (χ3v) is 4.12. The van der Waals surface area contributed by atoms with Gasteiger partial charge in [-0.05, 0) is 12.5 Å². The summed E-state index contributed by atoms with van der Waals surface area (Å²) in [5, 5.41) is 0. The Balaban J connectivity index is 0.00000208. The zero-order valence-corrected chi connectivity index (χ0v) is 16.1. The largest absolute Gasteiger partial charge is 0.491 e. The fourth-order valence-electron chi connectivity index (χ4n) is 2.65. The van der Waals surface area contributed by atoms with Crippen LogP contribution < -0.4 is 10.5 Å². The van der Waals surface area contributed by atoms with Gasteiger partial charge in [0.05, 0.1) is 39.2 Å². The van der Waals surface area contributed by atoms with Crippen molar-refractivity contribution in [1.82, 2.24) is 9.88 Å². The van der Waals surface area contributed by atoms with Crippen molar-refractivity contribution in [1.29, 1.82) is 0 Å². The second-order valence-electron chi connectivity index (χ2n) is 5.80. The van der Waals surface area contributed by atoms with Crippen LogP contribution >= 0.6 is 24.0 Å². The van der Waals surface area contributed by atoms with Gasteiger partial charge in [-0.15, -0.1) is 24.0 Å². The predicted molar refractivity (Wildman–Crippen MR) is 102 cm³/mol. The molecule has 0 amide bonds. The summed E-state index contributed by atoms with van der Waals surface area (Å²) < 4.78 is 16.6. The smallest absolute Gasteiger partial charge is 0.191 e. The van der Waals surface area contributed by atoms with Crippen molar-refractivity contribution < 1.29 is 14.2 Å². The zero-order chi connectivity index (χ0) is 15.9. The number of nitrogens with two attached hydrogens (primary N) is 1. The van der Waals surface area contributed by atoms with E-state index in [1.54, 1.807) is 12.4 Å². The quantitative estimate of drug-likeness (QED) is 0.415. The topological polar surface area (TPSA) is 82.2 Å². The molecule has 3 rings (SSSR count). The van der Waals surface area contributed by atoms with Crippen LogP contribution in [0.4, 0.5) is 0 Å². The normalized spacial score (nSPS) is 21.4. The monoisotopic (exact) mass is 448 g/mol. The first-order valence-electron chi connectivity index (χ1n) is 8.09. The lowest BCUT2D eigenvalue weighted by atomic mass is 10.1. The number of aromatic nitrogens is 1. The highest BCUT2D eigenvalue weighted by Crippen LogP contribution is 2.20. The van der Waals surface area contributed by atoms with Gasteiger partial charge in [0.2, 0.25) is 0 Å². The van der Waals surface area contributed by atoms with Gasteiger partial charge in [-0.1, -0.05) is 0 Å². The molecule has 2 saturated heterocycles. The van der Waals surface area contributed by atoms with Crippen LogP contribution in [-0.2, 0) is 16.0 Å². The number of halogens is 1. The van der Waals surface area contributed by atoms with Crippen molar-refractivity contribution in [3.05, 3.63) is 24.0 Å². The van der Waals surface area contributed by atoms with Crippen LogP contribution in [0.15, 0.2) is 23.5 Å². The Kier molecular flexibility index (Phi) is 8.00. The van der Waals surface area contributed by atoms with E-state index in [-0.39, 0.29) is 24.0 Å². The molecule has 3 heterocycles. The average Bonchev–Trinajstić information content (AvgIpc) is 3.13. The molecule has 7 nitrogen and oxygen atoms in total. The first-order chi connectivity index (χ1) is 11.3. The molecular formula is C16H25IN4O3. The lowest BCUT2D eigenvalue weighted by molar-refractivity contribution is 0.0674. The van der Waals surface area contributed by atoms with Crippen LogP contribution in [0, 0.1) is 5.92 Å². The molecule has 2 aliphatic rings. The van der Waals surface area contributed by atoms with E-state index in [1.807, 2.05) is 11.0 Å². The molecule has 0 radical (unpaired) electrons. The van der Waals surface area contributed by atoms with E-state index in [1.165, 1.54) is 0 Å². The number of aliphatic imine (C=N–C) groups is 1. The van der Waals surface area contributed by atoms with E-state index < -0.39 is 0 Å². The van der Waals surface area contributed by atoms with Crippen LogP contribution in [0.3, 0.4) is 0 Å². The number of pyridine rings is 1. The average molecular weight is 448 g/mol. The minimum Gasteiger partial charge on any atom is -0.491 e. The summed E-state index contributed by atoms with van der Waals surface area (Å²) in [6.45, 7) is 5.72. The van der Waals surface area contributed by atoms with Crippen molar-refractivity contribution in [3.63, 3.8) is 0 Å².